The summed E-state index contributed by atoms with van der Waals surface area (Å²) in [4.78, 5) is 17.2. The van der Waals surface area contributed by atoms with E-state index in [1.54, 1.807) is 0 Å². The fourth-order valence-corrected chi connectivity index (χ4v) is 3.09. The summed E-state index contributed by atoms with van der Waals surface area (Å²) < 4.78 is 0. The van der Waals surface area contributed by atoms with E-state index >= 15 is 0 Å². The quantitative estimate of drug-likeness (QED) is 0.902. The fraction of sp³-hybridized carbons (Fsp3) is 0.650. The zero-order valence-electron chi connectivity index (χ0n) is 15.7. The summed E-state index contributed by atoms with van der Waals surface area (Å²) in [5.74, 6) is -0.00431. The number of piperazine rings is 1. The molecule has 2 unspecified atom stereocenters. The Morgan fingerprint density at radius 3 is 2.25 bits per heavy atom. The van der Waals surface area contributed by atoms with Gasteiger partial charge in [0.2, 0.25) is 5.91 Å². The number of benzene rings is 1. The van der Waals surface area contributed by atoms with Crippen LogP contribution in [0, 0.1) is 11.3 Å². The van der Waals surface area contributed by atoms with Crippen LogP contribution in [-0.4, -0.2) is 48.4 Å². The van der Waals surface area contributed by atoms with Crippen molar-refractivity contribution in [2.75, 3.05) is 32.7 Å². The van der Waals surface area contributed by atoms with Crippen molar-refractivity contribution >= 4 is 5.91 Å². The molecular formula is C20H33N3O. The number of rotatable bonds is 5. The number of nitrogens with zero attached hydrogens (tertiary/aromatic N) is 2. The number of amides is 1. The van der Waals surface area contributed by atoms with E-state index in [0.29, 0.717) is 5.41 Å². The van der Waals surface area contributed by atoms with Crippen molar-refractivity contribution in [1.82, 2.24) is 9.80 Å². The van der Waals surface area contributed by atoms with E-state index in [4.69, 9.17) is 5.73 Å². The topological polar surface area (TPSA) is 49.6 Å². The van der Waals surface area contributed by atoms with Gasteiger partial charge in [-0.3, -0.25) is 9.69 Å². The highest BCUT2D eigenvalue weighted by Crippen LogP contribution is 2.22. The molecular weight excluding hydrogens is 298 g/mol. The second-order valence-electron chi connectivity index (χ2n) is 8.20. The lowest BCUT2D eigenvalue weighted by Gasteiger charge is -2.37. The van der Waals surface area contributed by atoms with Gasteiger partial charge in [0.1, 0.15) is 0 Å². The summed E-state index contributed by atoms with van der Waals surface area (Å²) in [6.45, 7) is 13.5. The SMILES string of the molecule is CC(C(=O)N1CCN(CCC(C)(C)C)CC1)C(N)c1ccccc1. The van der Waals surface area contributed by atoms with Crippen LogP contribution in [0.15, 0.2) is 30.3 Å². The summed E-state index contributed by atoms with van der Waals surface area (Å²) in [6.07, 6.45) is 1.19. The van der Waals surface area contributed by atoms with Gasteiger partial charge in [0.25, 0.3) is 0 Å². The van der Waals surface area contributed by atoms with Crippen LogP contribution in [0.1, 0.15) is 45.7 Å². The summed E-state index contributed by atoms with van der Waals surface area (Å²) in [6, 6.07) is 9.68. The third-order valence-corrected chi connectivity index (χ3v) is 4.97. The van der Waals surface area contributed by atoms with Crippen molar-refractivity contribution < 1.29 is 4.79 Å². The molecule has 1 fully saturated rings. The second-order valence-corrected chi connectivity index (χ2v) is 8.20. The smallest absolute Gasteiger partial charge is 0.227 e. The van der Waals surface area contributed by atoms with Crippen LogP contribution in [-0.2, 0) is 4.79 Å². The van der Waals surface area contributed by atoms with Crippen LogP contribution < -0.4 is 5.73 Å². The minimum absolute atomic E-state index is 0.182. The Labute approximate surface area is 147 Å². The minimum atomic E-state index is -0.238. The predicted octanol–water partition coefficient (Wildman–Crippen LogP) is 2.90. The average Bonchev–Trinajstić information content (AvgIpc) is 2.58. The van der Waals surface area contributed by atoms with Crippen LogP contribution in [0.2, 0.25) is 0 Å². The number of carbonyl (C=O) groups excluding carboxylic acids is 1. The van der Waals surface area contributed by atoms with E-state index in [1.165, 1.54) is 6.42 Å². The highest BCUT2D eigenvalue weighted by Gasteiger charge is 2.29. The van der Waals surface area contributed by atoms with E-state index in [0.717, 1.165) is 38.3 Å². The summed E-state index contributed by atoms with van der Waals surface area (Å²) in [5.41, 5.74) is 7.71. The number of nitrogens with two attached hydrogens (primary N) is 1. The third-order valence-electron chi connectivity index (χ3n) is 4.97. The summed E-state index contributed by atoms with van der Waals surface area (Å²) in [5, 5.41) is 0. The van der Waals surface area contributed by atoms with E-state index < -0.39 is 0 Å². The Bertz CT molecular complexity index is 515. The Kier molecular flexibility index (Phi) is 6.41. The number of hydrogen-bond donors (Lipinski definition) is 1. The molecule has 24 heavy (non-hydrogen) atoms. The van der Waals surface area contributed by atoms with Crippen molar-refractivity contribution in [2.24, 2.45) is 17.1 Å². The van der Waals surface area contributed by atoms with Gasteiger partial charge in [-0.15, -0.1) is 0 Å². The first-order valence-electron chi connectivity index (χ1n) is 9.09. The Balaban J connectivity index is 1.84. The molecule has 1 amide bonds. The zero-order valence-corrected chi connectivity index (χ0v) is 15.7. The number of carbonyl (C=O) groups is 1. The molecule has 1 aliphatic rings. The highest BCUT2D eigenvalue weighted by atomic mass is 16.2. The minimum Gasteiger partial charge on any atom is -0.340 e. The zero-order chi connectivity index (χ0) is 17.7. The molecule has 4 nitrogen and oxygen atoms in total. The molecule has 1 aromatic rings. The predicted molar refractivity (Wildman–Crippen MR) is 99.6 cm³/mol. The van der Waals surface area contributed by atoms with E-state index in [9.17, 15) is 4.79 Å². The molecule has 2 N–H and O–H groups in total. The maximum absolute atomic E-state index is 12.8. The molecule has 0 saturated carbocycles. The molecule has 0 bridgehead atoms. The van der Waals surface area contributed by atoms with Crippen LogP contribution in [0.5, 0.6) is 0 Å². The molecule has 2 atom stereocenters. The van der Waals surface area contributed by atoms with Crippen LogP contribution in [0.3, 0.4) is 0 Å². The lowest BCUT2D eigenvalue weighted by Crippen LogP contribution is -2.51. The van der Waals surface area contributed by atoms with E-state index in [-0.39, 0.29) is 17.9 Å². The summed E-state index contributed by atoms with van der Waals surface area (Å²) >= 11 is 0. The molecule has 2 rings (SSSR count). The molecule has 0 radical (unpaired) electrons. The largest absolute Gasteiger partial charge is 0.340 e. The van der Waals surface area contributed by atoms with Gasteiger partial charge in [-0.25, -0.2) is 0 Å². The van der Waals surface area contributed by atoms with Crippen LogP contribution in [0.25, 0.3) is 0 Å². The van der Waals surface area contributed by atoms with Gasteiger partial charge >= 0.3 is 0 Å². The van der Waals surface area contributed by atoms with E-state index in [2.05, 4.69) is 25.7 Å². The molecule has 1 heterocycles. The highest BCUT2D eigenvalue weighted by molar-refractivity contribution is 5.79. The van der Waals surface area contributed by atoms with Gasteiger partial charge in [0.15, 0.2) is 0 Å². The first-order valence-corrected chi connectivity index (χ1v) is 9.09. The molecule has 1 aromatic carbocycles. The molecule has 0 aromatic heterocycles. The van der Waals surface area contributed by atoms with Gasteiger partial charge in [-0.05, 0) is 23.9 Å². The van der Waals surface area contributed by atoms with Gasteiger partial charge in [0, 0.05) is 32.2 Å². The van der Waals surface area contributed by atoms with Gasteiger partial charge in [-0.1, -0.05) is 58.0 Å². The van der Waals surface area contributed by atoms with Crippen LogP contribution in [0.4, 0.5) is 0 Å². The van der Waals surface area contributed by atoms with Crippen molar-refractivity contribution in [2.45, 2.75) is 40.2 Å². The van der Waals surface area contributed by atoms with E-state index in [1.807, 2.05) is 42.2 Å². The second kappa shape index (κ2) is 8.13. The fourth-order valence-electron chi connectivity index (χ4n) is 3.09. The third kappa shape index (κ3) is 5.32. The Hall–Kier alpha value is -1.39. The lowest BCUT2D eigenvalue weighted by atomic mass is 9.92. The first-order chi connectivity index (χ1) is 11.3. The number of hydrogen-bond acceptors (Lipinski definition) is 3. The molecule has 1 saturated heterocycles. The Morgan fingerprint density at radius 1 is 1.12 bits per heavy atom. The molecule has 134 valence electrons. The normalized spacial score (nSPS) is 19.1. The van der Waals surface area contributed by atoms with Gasteiger partial charge < -0.3 is 10.6 Å². The van der Waals surface area contributed by atoms with Gasteiger partial charge in [0.05, 0.1) is 5.92 Å². The van der Waals surface area contributed by atoms with Crippen LogP contribution >= 0.6 is 0 Å². The Morgan fingerprint density at radius 2 is 1.71 bits per heavy atom. The van der Waals surface area contributed by atoms with Crippen molar-refractivity contribution in [3.05, 3.63) is 35.9 Å². The molecule has 0 aliphatic carbocycles. The molecule has 4 heteroatoms. The molecule has 0 spiro atoms. The monoisotopic (exact) mass is 331 g/mol. The van der Waals surface area contributed by atoms with Crippen molar-refractivity contribution in [1.29, 1.82) is 0 Å². The average molecular weight is 332 g/mol. The van der Waals surface area contributed by atoms with Gasteiger partial charge in [-0.2, -0.15) is 0 Å². The maximum Gasteiger partial charge on any atom is 0.227 e. The van der Waals surface area contributed by atoms with Crippen molar-refractivity contribution in [3.63, 3.8) is 0 Å². The maximum atomic E-state index is 12.8. The summed E-state index contributed by atoms with van der Waals surface area (Å²) in [7, 11) is 0. The van der Waals surface area contributed by atoms with Crippen molar-refractivity contribution in [3.8, 4) is 0 Å². The molecule has 1 aliphatic heterocycles. The first kappa shape index (κ1) is 18.9. The lowest BCUT2D eigenvalue weighted by molar-refractivity contribution is -0.137. The standard InChI is InChI=1S/C20H33N3O/c1-16(18(21)17-8-6-5-7-9-17)19(24)23-14-12-22(13-15-23)11-10-20(2,3)4/h5-9,16,18H,10-15,21H2,1-4H3.